The van der Waals surface area contributed by atoms with E-state index in [1.807, 2.05) is 12.1 Å². The lowest BCUT2D eigenvalue weighted by Gasteiger charge is -2.49. The van der Waals surface area contributed by atoms with Crippen molar-refractivity contribution in [3.63, 3.8) is 0 Å². The van der Waals surface area contributed by atoms with Gasteiger partial charge in [-0.2, -0.15) is 0 Å². The van der Waals surface area contributed by atoms with Crippen molar-refractivity contribution in [2.45, 2.75) is 58.2 Å². The normalized spacial score (nSPS) is 24.6. The average molecular weight is 295 g/mol. The van der Waals surface area contributed by atoms with Crippen molar-refractivity contribution >= 4 is 11.6 Å². The van der Waals surface area contributed by atoms with Crippen LogP contribution in [0.5, 0.6) is 0 Å². The summed E-state index contributed by atoms with van der Waals surface area (Å²) in [6.45, 7) is 11.4. The van der Waals surface area contributed by atoms with E-state index < -0.39 is 0 Å². The Morgan fingerprint density at radius 1 is 1.30 bits per heavy atom. The maximum absolute atomic E-state index is 6.00. The van der Waals surface area contributed by atoms with Crippen LogP contribution < -0.4 is 5.32 Å². The molecule has 20 heavy (non-hydrogen) atoms. The molecule has 0 aromatic heterocycles. The van der Waals surface area contributed by atoms with E-state index in [-0.39, 0.29) is 5.54 Å². The highest BCUT2D eigenvalue weighted by Crippen LogP contribution is 2.30. The highest BCUT2D eigenvalue weighted by atomic mass is 35.5. The van der Waals surface area contributed by atoms with E-state index in [1.165, 1.54) is 18.4 Å². The van der Waals surface area contributed by atoms with Crippen LogP contribution in [0.4, 0.5) is 0 Å². The summed E-state index contributed by atoms with van der Waals surface area (Å²) in [5, 5.41) is 4.58. The molecule has 1 aromatic rings. The molecule has 1 heterocycles. The molecule has 1 aromatic carbocycles. The minimum atomic E-state index is 0.271. The van der Waals surface area contributed by atoms with Crippen LogP contribution in [0, 0.1) is 0 Å². The molecule has 2 atom stereocenters. The number of halogens is 1. The number of rotatable bonds is 4. The first kappa shape index (κ1) is 15.8. The fourth-order valence-electron chi connectivity index (χ4n) is 3.22. The van der Waals surface area contributed by atoms with Crippen molar-refractivity contribution in [2.24, 2.45) is 0 Å². The summed E-state index contributed by atoms with van der Waals surface area (Å²) in [7, 11) is 0. The fourth-order valence-corrected chi connectivity index (χ4v) is 3.34. The Labute approximate surface area is 128 Å². The maximum Gasteiger partial charge on any atom is 0.0406 e. The Bertz CT molecular complexity index is 425. The number of piperazine rings is 1. The van der Waals surface area contributed by atoms with E-state index in [1.54, 1.807) is 0 Å². The minimum absolute atomic E-state index is 0.271. The standard InChI is InChI=1S/C17H27ClN2/c1-5-17(6-2)12-20(13(3)11-19-17)14(4)15-7-9-16(18)10-8-15/h7-10,13-14,19H,5-6,11-12H2,1-4H3. The Kier molecular flexibility index (Phi) is 5.11. The number of nitrogens with one attached hydrogen (secondary N) is 1. The first-order valence-corrected chi connectivity index (χ1v) is 8.15. The molecule has 0 radical (unpaired) electrons. The number of hydrogen-bond acceptors (Lipinski definition) is 2. The van der Waals surface area contributed by atoms with Crippen LogP contribution in [-0.2, 0) is 0 Å². The molecule has 1 fully saturated rings. The van der Waals surface area contributed by atoms with Gasteiger partial charge in [-0.05, 0) is 44.4 Å². The summed E-state index contributed by atoms with van der Waals surface area (Å²) in [5.74, 6) is 0. The van der Waals surface area contributed by atoms with Gasteiger partial charge in [0.2, 0.25) is 0 Å². The highest BCUT2D eigenvalue weighted by Gasteiger charge is 2.37. The van der Waals surface area contributed by atoms with Gasteiger partial charge in [0.1, 0.15) is 0 Å². The van der Waals surface area contributed by atoms with Crippen LogP contribution >= 0.6 is 11.6 Å². The lowest BCUT2D eigenvalue weighted by atomic mass is 9.87. The van der Waals surface area contributed by atoms with Crippen molar-refractivity contribution in [1.29, 1.82) is 0 Å². The van der Waals surface area contributed by atoms with Gasteiger partial charge in [-0.15, -0.1) is 0 Å². The van der Waals surface area contributed by atoms with E-state index in [4.69, 9.17) is 11.6 Å². The highest BCUT2D eigenvalue weighted by molar-refractivity contribution is 6.30. The van der Waals surface area contributed by atoms with E-state index in [9.17, 15) is 0 Å². The Balaban J connectivity index is 2.18. The Hall–Kier alpha value is -0.570. The third-order valence-electron chi connectivity index (χ3n) is 5.03. The van der Waals surface area contributed by atoms with Gasteiger partial charge in [0, 0.05) is 35.7 Å². The summed E-state index contributed by atoms with van der Waals surface area (Å²) in [6, 6.07) is 9.29. The molecule has 1 aliphatic heterocycles. The molecule has 1 aliphatic rings. The fraction of sp³-hybridized carbons (Fsp3) is 0.647. The van der Waals surface area contributed by atoms with Crippen molar-refractivity contribution in [3.8, 4) is 0 Å². The Morgan fingerprint density at radius 3 is 2.45 bits per heavy atom. The Morgan fingerprint density at radius 2 is 1.90 bits per heavy atom. The predicted molar refractivity (Wildman–Crippen MR) is 87.4 cm³/mol. The molecule has 0 spiro atoms. The van der Waals surface area contributed by atoms with Crippen LogP contribution in [0.15, 0.2) is 24.3 Å². The van der Waals surface area contributed by atoms with Crippen molar-refractivity contribution in [1.82, 2.24) is 10.2 Å². The van der Waals surface area contributed by atoms with E-state index in [0.717, 1.165) is 18.1 Å². The van der Waals surface area contributed by atoms with Gasteiger partial charge in [0.15, 0.2) is 0 Å². The number of benzene rings is 1. The van der Waals surface area contributed by atoms with E-state index >= 15 is 0 Å². The lowest BCUT2D eigenvalue weighted by molar-refractivity contribution is 0.0497. The summed E-state index contributed by atoms with van der Waals surface area (Å²) < 4.78 is 0. The first-order valence-electron chi connectivity index (χ1n) is 7.77. The zero-order chi connectivity index (χ0) is 14.8. The zero-order valence-electron chi connectivity index (χ0n) is 13.1. The number of hydrogen-bond donors (Lipinski definition) is 1. The van der Waals surface area contributed by atoms with Crippen LogP contribution in [0.2, 0.25) is 5.02 Å². The van der Waals surface area contributed by atoms with Gasteiger partial charge < -0.3 is 5.32 Å². The molecule has 2 unspecified atom stereocenters. The van der Waals surface area contributed by atoms with Gasteiger partial charge in [-0.25, -0.2) is 0 Å². The molecule has 0 bridgehead atoms. The summed E-state index contributed by atoms with van der Waals surface area (Å²) >= 11 is 6.00. The largest absolute Gasteiger partial charge is 0.308 e. The monoisotopic (exact) mass is 294 g/mol. The molecule has 0 aliphatic carbocycles. The van der Waals surface area contributed by atoms with Crippen molar-refractivity contribution < 1.29 is 0 Å². The van der Waals surface area contributed by atoms with Crippen LogP contribution in [0.1, 0.15) is 52.1 Å². The predicted octanol–water partition coefficient (Wildman–Crippen LogP) is 4.25. The van der Waals surface area contributed by atoms with Crippen LogP contribution in [0.3, 0.4) is 0 Å². The van der Waals surface area contributed by atoms with Crippen LogP contribution in [-0.4, -0.2) is 29.6 Å². The van der Waals surface area contributed by atoms with Gasteiger partial charge >= 0.3 is 0 Å². The van der Waals surface area contributed by atoms with Gasteiger partial charge in [0.25, 0.3) is 0 Å². The van der Waals surface area contributed by atoms with E-state index in [2.05, 4.69) is 50.0 Å². The smallest absolute Gasteiger partial charge is 0.0406 e. The molecule has 1 N–H and O–H groups in total. The molecule has 112 valence electrons. The number of nitrogens with zero attached hydrogens (tertiary/aromatic N) is 1. The summed E-state index contributed by atoms with van der Waals surface area (Å²) in [4.78, 5) is 2.63. The third kappa shape index (κ3) is 3.19. The van der Waals surface area contributed by atoms with Gasteiger partial charge in [-0.1, -0.05) is 37.6 Å². The minimum Gasteiger partial charge on any atom is -0.308 e. The summed E-state index contributed by atoms with van der Waals surface area (Å²) in [5.41, 5.74) is 1.62. The van der Waals surface area contributed by atoms with Crippen molar-refractivity contribution in [2.75, 3.05) is 13.1 Å². The third-order valence-corrected chi connectivity index (χ3v) is 5.28. The topological polar surface area (TPSA) is 15.3 Å². The molecular weight excluding hydrogens is 268 g/mol. The second-order valence-corrected chi connectivity index (χ2v) is 6.55. The second kappa shape index (κ2) is 6.46. The zero-order valence-corrected chi connectivity index (χ0v) is 13.9. The molecule has 2 rings (SSSR count). The van der Waals surface area contributed by atoms with Crippen molar-refractivity contribution in [3.05, 3.63) is 34.9 Å². The van der Waals surface area contributed by atoms with Gasteiger partial charge in [0.05, 0.1) is 0 Å². The quantitative estimate of drug-likeness (QED) is 0.893. The van der Waals surface area contributed by atoms with E-state index in [0.29, 0.717) is 12.1 Å². The molecule has 0 saturated carbocycles. The second-order valence-electron chi connectivity index (χ2n) is 6.12. The molecule has 2 nitrogen and oxygen atoms in total. The molecule has 1 saturated heterocycles. The maximum atomic E-state index is 6.00. The van der Waals surface area contributed by atoms with Crippen LogP contribution in [0.25, 0.3) is 0 Å². The molecule has 0 amide bonds. The molecule has 3 heteroatoms. The lowest BCUT2D eigenvalue weighted by Crippen LogP contribution is -2.63. The van der Waals surface area contributed by atoms with Gasteiger partial charge in [-0.3, -0.25) is 4.90 Å². The summed E-state index contributed by atoms with van der Waals surface area (Å²) in [6.07, 6.45) is 2.36. The first-order chi connectivity index (χ1) is 9.51. The molecular formula is C17H27ClN2. The average Bonchev–Trinajstić information content (AvgIpc) is 2.48. The SMILES string of the molecule is CCC1(CC)CN(C(C)c2ccc(Cl)cc2)C(C)CN1.